The highest BCUT2D eigenvalue weighted by Crippen LogP contribution is 2.25. The van der Waals surface area contributed by atoms with Crippen LogP contribution in [0.1, 0.15) is 18.7 Å². The Bertz CT molecular complexity index is 534. The molecule has 3 N–H and O–H groups in total. The maximum absolute atomic E-state index is 10.7. The SMILES string of the molecule is CCn1cc(-c2nc(C(N)C(=O)O)cs2)cn1. The zero-order chi connectivity index (χ0) is 12.4. The number of carboxylic acids is 1. The standard InChI is InChI=1S/C10H12N4O2S/c1-2-14-4-6(3-12-14)9-13-7(5-17-9)8(11)10(15)16/h3-5,8H,2,11H2,1H3,(H,15,16). The second-order valence-electron chi connectivity index (χ2n) is 3.48. The molecule has 1 unspecified atom stereocenters. The summed E-state index contributed by atoms with van der Waals surface area (Å²) in [5.74, 6) is -1.08. The number of nitrogens with zero attached hydrogens (tertiary/aromatic N) is 3. The molecule has 2 aromatic rings. The molecule has 0 aromatic carbocycles. The van der Waals surface area contributed by atoms with Crippen LogP contribution in [0.15, 0.2) is 17.8 Å². The maximum Gasteiger partial charge on any atom is 0.326 e. The molecule has 0 saturated heterocycles. The fourth-order valence-electron chi connectivity index (χ4n) is 1.34. The van der Waals surface area contributed by atoms with E-state index >= 15 is 0 Å². The van der Waals surface area contributed by atoms with Crippen LogP contribution in [0.2, 0.25) is 0 Å². The van der Waals surface area contributed by atoms with Crippen molar-refractivity contribution in [2.75, 3.05) is 0 Å². The molecule has 2 aromatic heterocycles. The summed E-state index contributed by atoms with van der Waals surface area (Å²) in [6.45, 7) is 2.78. The summed E-state index contributed by atoms with van der Waals surface area (Å²) in [4.78, 5) is 14.9. The van der Waals surface area contributed by atoms with Crippen molar-refractivity contribution in [3.63, 3.8) is 0 Å². The van der Waals surface area contributed by atoms with Crippen LogP contribution in [0.5, 0.6) is 0 Å². The number of thiazole rings is 1. The van der Waals surface area contributed by atoms with Crippen molar-refractivity contribution in [3.8, 4) is 10.6 Å². The Labute approximate surface area is 102 Å². The molecule has 0 aliphatic heterocycles. The first-order valence-corrected chi connectivity index (χ1v) is 5.96. The maximum atomic E-state index is 10.7. The van der Waals surface area contributed by atoms with E-state index in [4.69, 9.17) is 10.8 Å². The third-order valence-corrected chi connectivity index (χ3v) is 3.22. The highest BCUT2D eigenvalue weighted by atomic mass is 32.1. The van der Waals surface area contributed by atoms with Crippen molar-refractivity contribution in [1.29, 1.82) is 0 Å². The van der Waals surface area contributed by atoms with E-state index in [1.165, 1.54) is 11.3 Å². The van der Waals surface area contributed by atoms with Crippen molar-refractivity contribution in [2.45, 2.75) is 19.5 Å². The largest absolute Gasteiger partial charge is 0.480 e. The van der Waals surface area contributed by atoms with E-state index < -0.39 is 12.0 Å². The minimum Gasteiger partial charge on any atom is -0.480 e. The number of aliphatic carboxylic acids is 1. The molecule has 90 valence electrons. The molecular formula is C10H12N4O2S. The molecular weight excluding hydrogens is 240 g/mol. The van der Waals surface area contributed by atoms with Gasteiger partial charge in [0.15, 0.2) is 0 Å². The topological polar surface area (TPSA) is 94.0 Å². The Balaban J connectivity index is 2.26. The number of hydrogen-bond donors (Lipinski definition) is 2. The third-order valence-electron chi connectivity index (χ3n) is 2.31. The summed E-state index contributed by atoms with van der Waals surface area (Å²) in [5.41, 5.74) is 6.74. The first-order valence-electron chi connectivity index (χ1n) is 5.08. The highest BCUT2D eigenvalue weighted by Gasteiger charge is 2.18. The molecule has 1 atom stereocenters. The Morgan fingerprint density at radius 1 is 1.71 bits per heavy atom. The lowest BCUT2D eigenvalue weighted by molar-refractivity contribution is -0.138. The molecule has 6 nitrogen and oxygen atoms in total. The first kappa shape index (κ1) is 11.7. The monoisotopic (exact) mass is 252 g/mol. The number of aryl methyl sites for hydroxylation is 1. The van der Waals surface area contributed by atoms with Crippen molar-refractivity contribution < 1.29 is 9.90 Å². The number of nitrogens with two attached hydrogens (primary N) is 1. The Morgan fingerprint density at radius 3 is 3.06 bits per heavy atom. The second kappa shape index (κ2) is 4.64. The van der Waals surface area contributed by atoms with Crippen molar-refractivity contribution >= 4 is 17.3 Å². The second-order valence-corrected chi connectivity index (χ2v) is 4.34. The molecule has 0 fully saturated rings. The number of rotatable bonds is 4. The van der Waals surface area contributed by atoms with E-state index in [0.717, 1.165) is 17.1 Å². The molecule has 2 heterocycles. The van der Waals surface area contributed by atoms with Gasteiger partial charge in [-0.15, -0.1) is 11.3 Å². The predicted molar refractivity (Wildman–Crippen MR) is 63.6 cm³/mol. The Hall–Kier alpha value is -1.73. The number of carboxylic acid groups (broad SMARTS) is 1. The lowest BCUT2D eigenvalue weighted by atomic mass is 10.2. The summed E-state index contributed by atoms with van der Waals surface area (Å²) >= 11 is 1.36. The van der Waals surface area contributed by atoms with Gasteiger partial charge in [0.1, 0.15) is 11.0 Å². The average molecular weight is 252 g/mol. The molecule has 0 radical (unpaired) electrons. The number of hydrogen-bond acceptors (Lipinski definition) is 5. The molecule has 0 amide bonds. The van der Waals surface area contributed by atoms with Crippen LogP contribution in [0.4, 0.5) is 0 Å². The van der Waals surface area contributed by atoms with Crippen LogP contribution in [-0.4, -0.2) is 25.8 Å². The van der Waals surface area contributed by atoms with Crippen LogP contribution in [0.3, 0.4) is 0 Å². The van der Waals surface area contributed by atoms with Crippen LogP contribution >= 0.6 is 11.3 Å². The van der Waals surface area contributed by atoms with E-state index in [-0.39, 0.29) is 0 Å². The summed E-state index contributed by atoms with van der Waals surface area (Å²) < 4.78 is 1.79. The van der Waals surface area contributed by atoms with Crippen molar-refractivity contribution in [3.05, 3.63) is 23.5 Å². The van der Waals surface area contributed by atoms with Gasteiger partial charge in [0, 0.05) is 23.7 Å². The van der Waals surface area contributed by atoms with Gasteiger partial charge in [-0.1, -0.05) is 0 Å². The van der Waals surface area contributed by atoms with Crippen molar-refractivity contribution in [1.82, 2.24) is 14.8 Å². The van der Waals surface area contributed by atoms with E-state index in [9.17, 15) is 4.79 Å². The van der Waals surface area contributed by atoms with Gasteiger partial charge >= 0.3 is 5.97 Å². The average Bonchev–Trinajstić information content (AvgIpc) is 2.96. The van der Waals surface area contributed by atoms with E-state index in [1.807, 2.05) is 13.1 Å². The predicted octanol–water partition coefficient (Wildman–Crippen LogP) is 1.11. The molecule has 17 heavy (non-hydrogen) atoms. The number of carbonyl (C=O) groups is 1. The van der Waals surface area contributed by atoms with Gasteiger partial charge in [-0.25, -0.2) is 4.98 Å². The van der Waals surface area contributed by atoms with Gasteiger partial charge in [-0.2, -0.15) is 5.10 Å². The quantitative estimate of drug-likeness (QED) is 0.850. The molecule has 0 saturated carbocycles. The molecule has 0 spiro atoms. The van der Waals surface area contributed by atoms with Gasteiger partial charge in [0.05, 0.1) is 11.9 Å². The Morgan fingerprint density at radius 2 is 2.47 bits per heavy atom. The summed E-state index contributed by atoms with van der Waals surface area (Å²) in [6.07, 6.45) is 3.58. The summed E-state index contributed by atoms with van der Waals surface area (Å²) in [5, 5.41) is 15.3. The summed E-state index contributed by atoms with van der Waals surface area (Å²) in [6, 6.07) is -1.07. The fourth-order valence-corrected chi connectivity index (χ4v) is 2.17. The van der Waals surface area contributed by atoms with Crippen molar-refractivity contribution in [2.24, 2.45) is 5.73 Å². The smallest absolute Gasteiger partial charge is 0.326 e. The Kier molecular flexibility index (Phi) is 3.21. The molecule has 0 bridgehead atoms. The zero-order valence-corrected chi connectivity index (χ0v) is 10.0. The number of aromatic nitrogens is 3. The van der Waals surface area contributed by atoms with Gasteiger partial charge in [-0.3, -0.25) is 9.48 Å². The zero-order valence-electron chi connectivity index (χ0n) is 9.20. The fraction of sp³-hybridized carbons (Fsp3) is 0.300. The van der Waals surface area contributed by atoms with Gasteiger partial charge in [-0.05, 0) is 6.92 Å². The van der Waals surface area contributed by atoms with Crippen LogP contribution < -0.4 is 5.73 Å². The van der Waals surface area contributed by atoms with Crippen LogP contribution in [-0.2, 0) is 11.3 Å². The lowest BCUT2D eigenvalue weighted by Gasteiger charge is -2.00. The minimum atomic E-state index is -1.08. The van der Waals surface area contributed by atoms with E-state index in [0.29, 0.717) is 5.69 Å². The molecule has 0 aliphatic carbocycles. The summed E-state index contributed by atoms with van der Waals surface area (Å²) in [7, 11) is 0. The van der Waals surface area contributed by atoms with Gasteiger partial charge in [0.2, 0.25) is 0 Å². The lowest BCUT2D eigenvalue weighted by Crippen LogP contribution is -2.20. The van der Waals surface area contributed by atoms with Gasteiger partial charge < -0.3 is 10.8 Å². The molecule has 7 heteroatoms. The van der Waals surface area contributed by atoms with E-state index in [2.05, 4.69) is 10.1 Å². The highest BCUT2D eigenvalue weighted by molar-refractivity contribution is 7.13. The normalized spacial score (nSPS) is 12.6. The molecule has 2 rings (SSSR count). The third kappa shape index (κ3) is 2.34. The van der Waals surface area contributed by atoms with Gasteiger partial charge in [0.25, 0.3) is 0 Å². The van der Waals surface area contributed by atoms with Crippen LogP contribution in [0, 0.1) is 0 Å². The van der Waals surface area contributed by atoms with E-state index in [1.54, 1.807) is 16.3 Å². The van der Waals surface area contributed by atoms with Crippen LogP contribution in [0.25, 0.3) is 10.6 Å². The molecule has 0 aliphatic rings. The minimum absolute atomic E-state index is 0.377. The first-order chi connectivity index (χ1) is 8.11.